The second-order valence-electron chi connectivity index (χ2n) is 5.28. The molecule has 0 radical (unpaired) electrons. The van der Waals surface area contributed by atoms with Crippen molar-refractivity contribution in [3.63, 3.8) is 0 Å². The smallest absolute Gasteiger partial charge is 0.228 e. The maximum absolute atomic E-state index is 11.5. The second-order valence-corrected chi connectivity index (χ2v) is 5.28. The molecule has 7 nitrogen and oxygen atoms in total. The van der Waals surface area contributed by atoms with Crippen LogP contribution in [0, 0.1) is 5.92 Å². The molecule has 7 heteroatoms. The van der Waals surface area contributed by atoms with Gasteiger partial charge in [0, 0.05) is 24.4 Å². The van der Waals surface area contributed by atoms with Gasteiger partial charge in [-0.1, -0.05) is 19.0 Å². The van der Waals surface area contributed by atoms with E-state index in [2.05, 4.69) is 15.5 Å². The van der Waals surface area contributed by atoms with Crippen LogP contribution in [-0.2, 0) is 11.2 Å². The average molecular weight is 319 g/mol. The number of rotatable bonds is 7. The lowest BCUT2D eigenvalue weighted by Crippen LogP contribution is -2.29. The number of nitrogens with one attached hydrogen (secondary N) is 1. The zero-order valence-electron chi connectivity index (χ0n) is 13.8. The molecule has 0 fully saturated rings. The summed E-state index contributed by atoms with van der Waals surface area (Å²) in [6, 6.07) is 5.40. The Balaban J connectivity index is 2.03. The first-order valence-corrected chi connectivity index (χ1v) is 7.37. The summed E-state index contributed by atoms with van der Waals surface area (Å²) in [7, 11) is 3.15. The van der Waals surface area contributed by atoms with Crippen LogP contribution in [0.4, 0.5) is 0 Å². The number of methoxy groups -OCH3 is 2. The Labute approximate surface area is 135 Å². The van der Waals surface area contributed by atoms with E-state index in [0.29, 0.717) is 36.2 Å². The van der Waals surface area contributed by atoms with Crippen molar-refractivity contribution in [3.8, 4) is 22.9 Å². The molecule has 0 saturated heterocycles. The molecule has 1 heterocycles. The lowest BCUT2D eigenvalue weighted by atomic mass is 10.2. The van der Waals surface area contributed by atoms with Gasteiger partial charge < -0.3 is 19.3 Å². The van der Waals surface area contributed by atoms with Gasteiger partial charge in [0.05, 0.1) is 14.2 Å². The minimum absolute atomic E-state index is 0.00429. The number of nitrogens with zero attached hydrogens (tertiary/aromatic N) is 2. The number of carbonyl (C=O) groups excluding carboxylic acids is 1. The van der Waals surface area contributed by atoms with Crippen LogP contribution < -0.4 is 14.8 Å². The molecular formula is C16H21N3O4. The van der Waals surface area contributed by atoms with Crippen LogP contribution in [-0.4, -0.2) is 36.8 Å². The molecule has 0 bridgehead atoms. The molecule has 2 aromatic rings. The summed E-state index contributed by atoms with van der Waals surface area (Å²) in [5.74, 6) is 2.14. The van der Waals surface area contributed by atoms with E-state index in [1.165, 1.54) is 0 Å². The highest BCUT2D eigenvalue weighted by atomic mass is 16.5. The molecule has 0 spiro atoms. The minimum atomic E-state index is -0.0417. The van der Waals surface area contributed by atoms with Crippen molar-refractivity contribution in [2.24, 2.45) is 5.92 Å². The van der Waals surface area contributed by atoms with Gasteiger partial charge in [-0.15, -0.1) is 0 Å². The first-order chi connectivity index (χ1) is 11.0. The summed E-state index contributed by atoms with van der Waals surface area (Å²) in [6.45, 7) is 4.15. The van der Waals surface area contributed by atoms with Crippen LogP contribution in [0.5, 0.6) is 11.5 Å². The predicted octanol–water partition coefficient (Wildman–Crippen LogP) is 2.07. The monoisotopic (exact) mass is 319 g/mol. The van der Waals surface area contributed by atoms with Crippen LogP contribution in [0.1, 0.15) is 19.7 Å². The van der Waals surface area contributed by atoms with E-state index in [1.54, 1.807) is 26.4 Å². The SMILES string of the molecule is COc1ccc(-c2noc(CCNC(=O)C(C)C)n2)cc1OC. The average Bonchev–Trinajstić information content (AvgIpc) is 3.02. The fourth-order valence-corrected chi connectivity index (χ4v) is 1.95. The summed E-state index contributed by atoms with van der Waals surface area (Å²) in [5, 5.41) is 6.76. The van der Waals surface area contributed by atoms with Crippen LogP contribution in [0.15, 0.2) is 22.7 Å². The molecule has 1 aromatic carbocycles. The summed E-state index contributed by atoms with van der Waals surface area (Å²) < 4.78 is 15.7. The lowest BCUT2D eigenvalue weighted by Gasteiger charge is -2.07. The van der Waals surface area contributed by atoms with Crippen LogP contribution in [0.3, 0.4) is 0 Å². The maximum Gasteiger partial charge on any atom is 0.228 e. The van der Waals surface area contributed by atoms with Gasteiger partial charge in [0.1, 0.15) is 0 Å². The highest BCUT2D eigenvalue weighted by molar-refractivity contribution is 5.77. The first-order valence-electron chi connectivity index (χ1n) is 7.37. The molecular weight excluding hydrogens is 298 g/mol. The zero-order chi connectivity index (χ0) is 16.8. The molecule has 0 unspecified atom stereocenters. The third-order valence-corrected chi connectivity index (χ3v) is 3.27. The number of benzene rings is 1. The maximum atomic E-state index is 11.5. The number of carbonyl (C=O) groups is 1. The van der Waals surface area contributed by atoms with E-state index in [-0.39, 0.29) is 11.8 Å². The Hall–Kier alpha value is -2.57. The number of aromatic nitrogens is 2. The molecule has 0 atom stereocenters. The Morgan fingerprint density at radius 3 is 2.65 bits per heavy atom. The van der Waals surface area contributed by atoms with Crippen molar-refractivity contribution in [1.29, 1.82) is 0 Å². The van der Waals surface area contributed by atoms with E-state index in [4.69, 9.17) is 14.0 Å². The molecule has 23 heavy (non-hydrogen) atoms. The van der Waals surface area contributed by atoms with Gasteiger partial charge in [0.25, 0.3) is 0 Å². The summed E-state index contributed by atoms with van der Waals surface area (Å²) >= 11 is 0. The molecule has 0 aliphatic heterocycles. The summed E-state index contributed by atoms with van der Waals surface area (Å²) in [5.41, 5.74) is 0.767. The van der Waals surface area contributed by atoms with E-state index >= 15 is 0 Å². The molecule has 1 N–H and O–H groups in total. The third kappa shape index (κ3) is 4.21. The zero-order valence-corrected chi connectivity index (χ0v) is 13.8. The Morgan fingerprint density at radius 1 is 1.26 bits per heavy atom. The van der Waals surface area contributed by atoms with Gasteiger partial charge in [-0.3, -0.25) is 4.79 Å². The molecule has 0 saturated carbocycles. The fraction of sp³-hybridized carbons (Fsp3) is 0.438. The topological polar surface area (TPSA) is 86.5 Å². The number of hydrogen-bond acceptors (Lipinski definition) is 6. The van der Waals surface area contributed by atoms with E-state index in [0.717, 1.165) is 5.56 Å². The van der Waals surface area contributed by atoms with Crippen molar-refractivity contribution >= 4 is 5.91 Å². The van der Waals surface area contributed by atoms with E-state index < -0.39 is 0 Å². The van der Waals surface area contributed by atoms with E-state index in [9.17, 15) is 4.79 Å². The second kappa shape index (κ2) is 7.62. The van der Waals surface area contributed by atoms with Crippen LogP contribution in [0.25, 0.3) is 11.4 Å². The summed E-state index contributed by atoms with van der Waals surface area (Å²) in [4.78, 5) is 15.8. The lowest BCUT2D eigenvalue weighted by molar-refractivity contribution is -0.123. The fourth-order valence-electron chi connectivity index (χ4n) is 1.95. The third-order valence-electron chi connectivity index (χ3n) is 3.27. The highest BCUT2D eigenvalue weighted by Gasteiger charge is 2.12. The van der Waals surface area contributed by atoms with E-state index in [1.807, 2.05) is 19.9 Å². The number of ether oxygens (including phenoxy) is 2. The van der Waals surface area contributed by atoms with Crippen LogP contribution >= 0.6 is 0 Å². The van der Waals surface area contributed by atoms with Crippen molar-refractivity contribution in [2.45, 2.75) is 20.3 Å². The van der Waals surface area contributed by atoms with Gasteiger partial charge in [-0.25, -0.2) is 0 Å². The first kappa shape index (κ1) is 16.8. The Bertz CT molecular complexity index is 667. The quantitative estimate of drug-likeness (QED) is 0.840. The molecule has 124 valence electrons. The number of hydrogen-bond donors (Lipinski definition) is 1. The predicted molar refractivity (Wildman–Crippen MR) is 84.4 cm³/mol. The van der Waals surface area contributed by atoms with Crippen molar-refractivity contribution in [3.05, 3.63) is 24.1 Å². The minimum Gasteiger partial charge on any atom is -0.493 e. The van der Waals surface area contributed by atoms with Gasteiger partial charge in [-0.05, 0) is 18.2 Å². The number of amides is 1. The standard InChI is InChI=1S/C16H21N3O4/c1-10(2)16(20)17-8-7-14-18-15(19-23-14)11-5-6-12(21-3)13(9-11)22-4/h5-6,9-10H,7-8H2,1-4H3,(H,17,20). The summed E-state index contributed by atoms with van der Waals surface area (Å²) in [6.07, 6.45) is 0.485. The molecule has 0 aliphatic carbocycles. The Morgan fingerprint density at radius 2 is 2.00 bits per heavy atom. The largest absolute Gasteiger partial charge is 0.493 e. The highest BCUT2D eigenvalue weighted by Crippen LogP contribution is 2.31. The van der Waals surface area contributed by atoms with Crippen molar-refractivity contribution < 1.29 is 18.8 Å². The van der Waals surface area contributed by atoms with Crippen molar-refractivity contribution in [1.82, 2.24) is 15.5 Å². The van der Waals surface area contributed by atoms with Gasteiger partial charge in [0.2, 0.25) is 17.6 Å². The molecule has 0 aliphatic rings. The molecule has 1 amide bonds. The molecule has 2 rings (SSSR count). The Kier molecular flexibility index (Phi) is 5.56. The molecule has 1 aromatic heterocycles. The van der Waals surface area contributed by atoms with Gasteiger partial charge in [-0.2, -0.15) is 4.98 Å². The van der Waals surface area contributed by atoms with Gasteiger partial charge in [0.15, 0.2) is 11.5 Å². The van der Waals surface area contributed by atoms with Crippen LogP contribution in [0.2, 0.25) is 0 Å². The van der Waals surface area contributed by atoms with Gasteiger partial charge >= 0.3 is 0 Å². The van der Waals surface area contributed by atoms with Crippen molar-refractivity contribution in [2.75, 3.05) is 20.8 Å². The normalized spacial score (nSPS) is 10.7.